The lowest BCUT2D eigenvalue weighted by Gasteiger charge is -2.20. The summed E-state index contributed by atoms with van der Waals surface area (Å²) >= 11 is 0. The molecule has 5 heteroatoms. The van der Waals surface area contributed by atoms with E-state index in [9.17, 15) is 20.1 Å². The molecule has 0 spiro atoms. The van der Waals surface area contributed by atoms with Crippen LogP contribution in [0.1, 0.15) is 5.56 Å². The van der Waals surface area contributed by atoms with E-state index < -0.39 is 24.3 Å². The van der Waals surface area contributed by atoms with Crippen LogP contribution in [0.5, 0.6) is 0 Å². The summed E-state index contributed by atoms with van der Waals surface area (Å²) < 4.78 is 0. The molecule has 5 nitrogen and oxygen atoms in total. The minimum atomic E-state index is -1.51. The predicted molar refractivity (Wildman–Crippen MR) is 59.9 cm³/mol. The summed E-state index contributed by atoms with van der Waals surface area (Å²) in [6, 6.07) is 9.51. The smallest absolute Gasteiger partial charge is 0.256 e. The zero-order valence-corrected chi connectivity index (χ0v) is 9.23. The second-order valence-electron chi connectivity index (χ2n) is 4.12. The van der Waals surface area contributed by atoms with E-state index in [1.54, 1.807) is 0 Å². The highest BCUT2D eigenvalue weighted by Crippen LogP contribution is 2.18. The molecule has 0 bridgehead atoms. The topological polar surface area (TPSA) is 81.0 Å². The van der Waals surface area contributed by atoms with Crippen LogP contribution in [0.2, 0.25) is 0 Å². The SMILES string of the molecule is O=C1[C@H](O)[C@@H](O)C(O)N1CCc1ccccc1. The number of hydrogen-bond donors (Lipinski definition) is 3. The number of nitrogens with zero attached hydrogens (tertiary/aromatic N) is 1. The summed E-state index contributed by atoms with van der Waals surface area (Å²) in [6.45, 7) is 0.276. The van der Waals surface area contributed by atoms with Gasteiger partial charge >= 0.3 is 0 Å². The van der Waals surface area contributed by atoms with Crippen molar-refractivity contribution in [2.24, 2.45) is 0 Å². The Morgan fingerprint density at radius 1 is 1.12 bits per heavy atom. The van der Waals surface area contributed by atoms with Crippen molar-refractivity contribution in [1.82, 2.24) is 4.90 Å². The average molecular weight is 237 g/mol. The Hall–Kier alpha value is -1.43. The van der Waals surface area contributed by atoms with Crippen molar-refractivity contribution in [3.05, 3.63) is 35.9 Å². The number of carbonyl (C=O) groups is 1. The molecule has 2 rings (SSSR count). The first-order valence-corrected chi connectivity index (χ1v) is 5.50. The molecule has 1 saturated heterocycles. The summed E-state index contributed by atoms with van der Waals surface area (Å²) in [5.74, 6) is -0.624. The first-order valence-electron chi connectivity index (χ1n) is 5.50. The lowest BCUT2D eigenvalue weighted by Crippen LogP contribution is -2.38. The maximum absolute atomic E-state index is 11.5. The average Bonchev–Trinajstić information content (AvgIpc) is 2.54. The molecule has 1 heterocycles. The summed E-state index contributed by atoms with van der Waals surface area (Å²) in [6.07, 6.45) is -3.68. The maximum Gasteiger partial charge on any atom is 0.256 e. The number of aliphatic hydroxyl groups excluding tert-OH is 3. The predicted octanol–water partition coefficient (Wildman–Crippen LogP) is -0.889. The fourth-order valence-electron chi connectivity index (χ4n) is 1.93. The molecule has 3 atom stereocenters. The van der Waals surface area contributed by atoms with Crippen molar-refractivity contribution >= 4 is 5.91 Å². The molecule has 1 unspecified atom stereocenters. The number of amides is 1. The van der Waals surface area contributed by atoms with Gasteiger partial charge in [0.15, 0.2) is 12.3 Å². The standard InChI is InChI=1S/C12H15NO4/c14-9-10(15)12(17)13(11(9)16)7-6-8-4-2-1-3-5-8/h1-5,9-11,14-16H,6-7H2/t9-,10-,11?/m1/s1. The van der Waals surface area contributed by atoms with Crippen LogP contribution in [0.4, 0.5) is 0 Å². The highest BCUT2D eigenvalue weighted by molar-refractivity contribution is 5.84. The van der Waals surface area contributed by atoms with E-state index in [0.29, 0.717) is 6.42 Å². The van der Waals surface area contributed by atoms with Gasteiger partial charge in [0, 0.05) is 6.54 Å². The Bertz CT molecular complexity index is 395. The lowest BCUT2D eigenvalue weighted by molar-refractivity contribution is -0.138. The van der Waals surface area contributed by atoms with Crippen LogP contribution >= 0.6 is 0 Å². The molecular formula is C12H15NO4. The zero-order chi connectivity index (χ0) is 12.4. The Morgan fingerprint density at radius 2 is 1.76 bits per heavy atom. The Balaban J connectivity index is 1.98. The van der Waals surface area contributed by atoms with Gasteiger partial charge in [-0.1, -0.05) is 30.3 Å². The molecule has 1 aromatic rings. The fourth-order valence-corrected chi connectivity index (χ4v) is 1.93. The van der Waals surface area contributed by atoms with Crippen molar-refractivity contribution in [3.8, 4) is 0 Å². The van der Waals surface area contributed by atoms with E-state index >= 15 is 0 Å². The van der Waals surface area contributed by atoms with Crippen LogP contribution in [0, 0.1) is 0 Å². The van der Waals surface area contributed by atoms with Crippen LogP contribution < -0.4 is 0 Å². The van der Waals surface area contributed by atoms with Crippen molar-refractivity contribution in [1.29, 1.82) is 0 Å². The zero-order valence-electron chi connectivity index (χ0n) is 9.23. The summed E-state index contributed by atoms with van der Waals surface area (Å²) in [7, 11) is 0. The summed E-state index contributed by atoms with van der Waals surface area (Å²) in [5, 5.41) is 28.2. The molecule has 0 radical (unpaired) electrons. The number of likely N-dealkylation sites (tertiary alicyclic amines) is 1. The lowest BCUT2D eigenvalue weighted by atomic mass is 10.1. The first kappa shape index (κ1) is 12.0. The molecular weight excluding hydrogens is 222 g/mol. The molecule has 3 N–H and O–H groups in total. The van der Waals surface area contributed by atoms with Gasteiger partial charge in [-0.3, -0.25) is 4.79 Å². The van der Waals surface area contributed by atoms with Gasteiger partial charge in [0.1, 0.15) is 6.10 Å². The summed E-state index contributed by atoms with van der Waals surface area (Å²) in [5.41, 5.74) is 1.03. The van der Waals surface area contributed by atoms with Gasteiger partial charge in [-0.25, -0.2) is 0 Å². The minimum Gasteiger partial charge on any atom is -0.385 e. The molecule has 1 aliphatic heterocycles. The summed E-state index contributed by atoms with van der Waals surface area (Å²) in [4.78, 5) is 12.6. The largest absolute Gasteiger partial charge is 0.385 e. The molecule has 1 amide bonds. The molecule has 1 aliphatic rings. The van der Waals surface area contributed by atoms with Crippen LogP contribution in [-0.2, 0) is 11.2 Å². The minimum absolute atomic E-state index is 0.276. The number of aliphatic hydroxyl groups is 3. The number of carbonyl (C=O) groups excluding carboxylic acids is 1. The maximum atomic E-state index is 11.5. The molecule has 17 heavy (non-hydrogen) atoms. The molecule has 0 saturated carbocycles. The molecule has 1 fully saturated rings. The number of benzene rings is 1. The third-order valence-electron chi connectivity index (χ3n) is 2.97. The molecule has 1 aromatic carbocycles. The van der Waals surface area contributed by atoms with Gasteiger partial charge in [0.25, 0.3) is 5.91 Å². The highest BCUT2D eigenvalue weighted by Gasteiger charge is 2.45. The van der Waals surface area contributed by atoms with E-state index in [1.807, 2.05) is 30.3 Å². The van der Waals surface area contributed by atoms with E-state index in [0.717, 1.165) is 10.5 Å². The van der Waals surface area contributed by atoms with Crippen molar-refractivity contribution in [2.75, 3.05) is 6.54 Å². The Kier molecular flexibility index (Phi) is 3.42. The normalized spacial score (nSPS) is 28.8. The Labute approximate surface area is 98.9 Å². The van der Waals surface area contributed by atoms with E-state index in [1.165, 1.54) is 0 Å². The molecule has 0 aliphatic carbocycles. The van der Waals surface area contributed by atoms with Crippen LogP contribution in [0.3, 0.4) is 0 Å². The second kappa shape index (κ2) is 4.83. The van der Waals surface area contributed by atoms with Crippen molar-refractivity contribution in [2.45, 2.75) is 24.9 Å². The van der Waals surface area contributed by atoms with Gasteiger partial charge in [0.05, 0.1) is 0 Å². The van der Waals surface area contributed by atoms with E-state index in [4.69, 9.17) is 0 Å². The van der Waals surface area contributed by atoms with Crippen molar-refractivity contribution in [3.63, 3.8) is 0 Å². The third kappa shape index (κ3) is 2.31. The van der Waals surface area contributed by atoms with Gasteiger partial charge in [-0.05, 0) is 12.0 Å². The molecule has 0 aromatic heterocycles. The van der Waals surface area contributed by atoms with E-state index in [2.05, 4.69) is 0 Å². The van der Waals surface area contributed by atoms with Crippen LogP contribution in [0.15, 0.2) is 30.3 Å². The number of rotatable bonds is 3. The first-order chi connectivity index (χ1) is 8.11. The Morgan fingerprint density at radius 3 is 2.29 bits per heavy atom. The quantitative estimate of drug-likeness (QED) is 0.637. The fraction of sp³-hybridized carbons (Fsp3) is 0.417. The molecule has 92 valence electrons. The van der Waals surface area contributed by atoms with Gasteiger partial charge < -0.3 is 20.2 Å². The second-order valence-corrected chi connectivity index (χ2v) is 4.12. The number of hydrogen-bond acceptors (Lipinski definition) is 4. The van der Waals surface area contributed by atoms with Gasteiger partial charge in [0.2, 0.25) is 0 Å². The highest BCUT2D eigenvalue weighted by atomic mass is 16.4. The van der Waals surface area contributed by atoms with E-state index in [-0.39, 0.29) is 6.54 Å². The van der Waals surface area contributed by atoms with Gasteiger partial charge in [-0.2, -0.15) is 0 Å². The van der Waals surface area contributed by atoms with Gasteiger partial charge in [-0.15, -0.1) is 0 Å². The van der Waals surface area contributed by atoms with Crippen LogP contribution in [-0.4, -0.2) is 51.1 Å². The van der Waals surface area contributed by atoms with Crippen molar-refractivity contribution < 1.29 is 20.1 Å². The third-order valence-corrected chi connectivity index (χ3v) is 2.97. The van der Waals surface area contributed by atoms with Crippen LogP contribution in [0.25, 0.3) is 0 Å². The monoisotopic (exact) mass is 237 g/mol.